The van der Waals surface area contributed by atoms with Crippen molar-refractivity contribution < 1.29 is 4.79 Å². The lowest BCUT2D eigenvalue weighted by atomic mass is 9.95. The lowest BCUT2D eigenvalue weighted by Crippen LogP contribution is -2.25. The molecule has 4 nitrogen and oxygen atoms in total. The molecule has 2 aromatic rings. The Morgan fingerprint density at radius 1 is 1.10 bits per heavy atom. The summed E-state index contributed by atoms with van der Waals surface area (Å²) < 4.78 is 0. The third-order valence-corrected chi connectivity index (χ3v) is 3.66. The van der Waals surface area contributed by atoms with Crippen molar-refractivity contribution >= 4 is 17.3 Å². The van der Waals surface area contributed by atoms with Gasteiger partial charge >= 0.3 is 0 Å². The molecule has 1 aliphatic heterocycles. The maximum atomic E-state index is 11.1. The van der Waals surface area contributed by atoms with Gasteiger partial charge in [0.2, 0.25) is 5.91 Å². The Labute approximate surface area is 123 Å². The van der Waals surface area contributed by atoms with E-state index in [1.165, 1.54) is 0 Å². The van der Waals surface area contributed by atoms with E-state index in [0.29, 0.717) is 12.8 Å². The van der Waals surface area contributed by atoms with Crippen molar-refractivity contribution in [2.24, 2.45) is 5.10 Å². The normalized spacial score (nSPS) is 14.5. The summed E-state index contributed by atoms with van der Waals surface area (Å²) in [5.41, 5.74) is 14.6. The van der Waals surface area contributed by atoms with Gasteiger partial charge in [-0.15, -0.1) is 0 Å². The summed E-state index contributed by atoms with van der Waals surface area (Å²) in [6.07, 6.45) is 1.18. The second-order valence-electron chi connectivity index (χ2n) is 5.25. The summed E-state index contributed by atoms with van der Waals surface area (Å²) in [6, 6.07) is 14.1. The zero-order chi connectivity index (χ0) is 14.8. The number of nitrogens with zero attached hydrogens (tertiary/aromatic N) is 1. The Morgan fingerprint density at radius 3 is 2.62 bits per heavy atom. The number of nitrogens with two attached hydrogens (primary N) is 1. The van der Waals surface area contributed by atoms with Crippen LogP contribution in [-0.2, 0) is 4.79 Å². The Bertz CT molecular complexity index is 735. The van der Waals surface area contributed by atoms with Crippen LogP contribution in [0.5, 0.6) is 0 Å². The Kier molecular flexibility index (Phi) is 3.44. The number of carbonyl (C=O) groups excluding carboxylic acids is 1. The number of rotatable bonds is 2. The molecule has 106 valence electrons. The van der Waals surface area contributed by atoms with Crippen LogP contribution in [-0.4, -0.2) is 11.6 Å². The van der Waals surface area contributed by atoms with Crippen molar-refractivity contribution in [2.45, 2.75) is 19.8 Å². The SMILES string of the molecule is Cc1cc(C2=NNC(=O)CC2)ccc1-c1cccc(N)c1. The number of hydrogen-bond donors (Lipinski definition) is 2. The Balaban J connectivity index is 1.95. The molecule has 0 fully saturated rings. The summed E-state index contributed by atoms with van der Waals surface area (Å²) in [5, 5.41) is 4.14. The van der Waals surface area contributed by atoms with Crippen LogP contribution in [0.25, 0.3) is 11.1 Å². The molecule has 3 rings (SSSR count). The molecule has 1 aliphatic rings. The highest BCUT2D eigenvalue weighted by atomic mass is 16.2. The number of benzene rings is 2. The van der Waals surface area contributed by atoms with Crippen LogP contribution in [0.3, 0.4) is 0 Å². The lowest BCUT2D eigenvalue weighted by Gasteiger charge is -2.14. The van der Waals surface area contributed by atoms with Crippen LogP contribution < -0.4 is 11.2 Å². The summed E-state index contributed by atoms with van der Waals surface area (Å²) in [6.45, 7) is 2.07. The molecular formula is C17H17N3O. The molecule has 21 heavy (non-hydrogen) atoms. The van der Waals surface area contributed by atoms with E-state index in [0.717, 1.165) is 33.7 Å². The largest absolute Gasteiger partial charge is 0.399 e. The number of hydrazone groups is 1. The average Bonchev–Trinajstić information content (AvgIpc) is 2.48. The van der Waals surface area contributed by atoms with Gasteiger partial charge in [-0.3, -0.25) is 4.79 Å². The minimum absolute atomic E-state index is 0.0214. The van der Waals surface area contributed by atoms with Crippen LogP contribution in [0.2, 0.25) is 0 Å². The first-order valence-corrected chi connectivity index (χ1v) is 6.96. The molecule has 0 saturated heterocycles. The fraction of sp³-hybridized carbons (Fsp3) is 0.176. The summed E-state index contributed by atoms with van der Waals surface area (Å²) in [5.74, 6) is -0.0214. The van der Waals surface area contributed by atoms with E-state index >= 15 is 0 Å². The van der Waals surface area contributed by atoms with Gasteiger partial charge in [-0.1, -0.05) is 24.3 Å². The van der Waals surface area contributed by atoms with Gasteiger partial charge in [0, 0.05) is 18.5 Å². The molecule has 0 bridgehead atoms. The van der Waals surface area contributed by atoms with Crippen molar-refractivity contribution in [1.82, 2.24) is 5.43 Å². The smallest absolute Gasteiger partial charge is 0.240 e. The molecule has 0 aliphatic carbocycles. The first-order valence-electron chi connectivity index (χ1n) is 6.96. The number of hydrogen-bond acceptors (Lipinski definition) is 3. The number of amides is 1. The lowest BCUT2D eigenvalue weighted by molar-refractivity contribution is -0.121. The number of carbonyl (C=O) groups is 1. The van der Waals surface area contributed by atoms with E-state index in [1.807, 2.05) is 24.3 Å². The zero-order valence-corrected chi connectivity index (χ0v) is 11.9. The number of aryl methyl sites for hydroxylation is 1. The fourth-order valence-corrected chi connectivity index (χ4v) is 2.56. The Morgan fingerprint density at radius 2 is 1.95 bits per heavy atom. The molecule has 2 aromatic carbocycles. The molecule has 0 spiro atoms. The first kappa shape index (κ1) is 13.4. The highest BCUT2D eigenvalue weighted by molar-refractivity contribution is 6.04. The number of nitrogen functional groups attached to an aromatic ring is 1. The average molecular weight is 279 g/mol. The topological polar surface area (TPSA) is 67.5 Å². The van der Waals surface area contributed by atoms with Gasteiger partial charge in [0.25, 0.3) is 0 Å². The summed E-state index contributed by atoms with van der Waals surface area (Å²) >= 11 is 0. The van der Waals surface area contributed by atoms with Gasteiger partial charge in [-0.2, -0.15) is 5.10 Å². The van der Waals surface area contributed by atoms with Gasteiger partial charge < -0.3 is 5.73 Å². The first-order chi connectivity index (χ1) is 10.1. The van der Waals surface area contributed by atoms with Crippen LogP contribution in [0.1, 0.15) is 24.0 Å². The third kappa shape index (κ3) is 2.79. The quantitative estimate of drug-likeness (QED) is 0.830. The summed E-state index contributed by atoms with van der Waals surface area (Å²) in [4.78, 5) is 11.1. The van der Waals surface area contributed by atoms with Crippen molar-refractivity contribution in [1.29, 1.82) is 0 Å². The minimum Gasteiger partial charge on any atom is -0.399 e. The molecule has 3 N–H and O–H groups in total. The molecule has 0 saturated carbocycles. The molecule has 0 unspecified atom stereocenters. The minimum atomic E-state index is -0.0214. The second kappa shape index (κ2) is 5.40. The number of anilines is 1. The van der Waals surface area contributed by atoms with Crippen molar-refractivity contribution in [2.75, 3.05) is 5.73 Å². The predicted molar refractivity (Wildman–Crippen MR) is 84.9 cm³/mol. The highest BCUT2D eigenvalue weighted by Crippen LogP contribution is 2.26. The maximum absolute atomic E-state index is 11.1. The van der Waals surface area contributed by atoms with Gasteiger partial charge in [0.1, 0.15) is 0 Å². The molecule has 4 heteroatoms. The van der Waals surface area contributed by atoms with E-state index < -0.39 is 0 Å². The molecule has 1 amide bonds. The molecular weight excluding hydrogens is 262 g/mol. The monoisotopic (exact) mass is 279 g/mol. The zero-order valence-electron chi connectivity index (χ0n) is 11.9. The molecule has 0 radical (unpaired) electrons. The maximum Gasteiger partial charge on any atom is 0.240 e. The van der Waals surface area contributed by atoms with E-state index in [4.69, 9.17) is 5.73 Å². The highest BCUT2D eigenvalue weighted by Gasteiger charge is 2.14. The predicted octanol–water partition coefficient (Wildman–Crippen LogP) is 2.86. The van der Waals surface area contributed by atoms with Gasteiger partial charge in [0.05, 0.1) is 5.71 Å². The molecule has 0 aromatic heterocycles. The van der Waals surface area contributed by atoms with Crippen molar-refractivity contribution in [3.8, 4) is 11.1 Å². The second-order valence-corrected chi connectivity index (χ2v) is 5.25. The summed E-state index contributed by atoms with van der Waals surface area (Å²) in [7, 11) is 0. The van der Waals surface area contributed by atoms with E-state index in [2.05, 4.69) is 35.7 Å². The third-order valence-electron chi connectivity index (χ3n) is 3.66. The van der Waals surface area contributed by atoms with Gasteiger partial charge in [-0.05, 0) is 47.4 Å². The molecule has 0 atom stereocenters. The van der Waals surface area contributed by atoms with Gasteiger partial charge in [0.15, 0.2) is 0 Å². The van der Waals surface area contributed by atoms with Crippen LogP contribution >= 0.6 is 0 Å². The number of nitrogens with one attached hydrogen (secondary N) is 1. The van der Waals surface area contributed by atoms with Gasteiger partial charge in [-0.25, -0.2) is 5.43 Å². The van der Waals surface area contributed by atoms with E-state index in [1.54, 1.807) is 0 Å². The van der Waals surface area contributed by atoms with E-state index in [9.17, 15) is 4.79 Å². The fourth-order valence-electron chi connectivity index (χ4n) is 2.56. The Hall–Kier alpha value is -2.62. The standard InChI is InChI=1S/C17H17N3O/c1-11-9-13(16-7-8-17(21)20-19-16)5-6-15(11)12-3-2-4-14(18)10-12/h2-6,9-10H,7-8,18H2,1H3,(H,20,21). The van der Waals surface area contributed by atoms with Crippen molar-refractivity contribution in [3.63, 3.8) is 0 Å². The van der Waals surface area contributed by atoms with Crippen LogP contribution in [0.4, 0.5) is 5.69 Å². The van der Waals surface area contributed by atoms with Crippen molar-refractivity contribution in [3.05, 3.63) is 53.6 Å². The molecule has 1 heterocycles. The van der Waals surface area contributed by atoms with E-state index in [-0.39, 0.29) is 5.91 Å². The van der Waals surface area contributed by atoms with Crippen LogP contribution in [0, 0.1) is 6.92 Å². The van der Waals surface area contributed by atoms with Crippen LogP contribution in [0.15, 0.2) is 47.6 Å².